The van der Waals surface area contributed by atoms with E-state index in [1.807, 2.05) is 17.0 Å². The van der Waals surface area contributed by atoms with E-state index in [2.05, 4.69) is 29.3 Å². The van der Waals surface area contributed by atoms with Gasteiger partial charge in [-0.25, -0.2) is 0 Å². The largest absolute Gasteiger partial charge is 0.497 e. The lowest BCUT2D eigenvalue weighted by molar-refractivity contribution is -0.136. The highest BCUT2D eigenvalue weighted by Crippen LogP contribution is 2.25. The highest BCUT2D eigenvalue weighted by molar-refractivity contribution is 5.82. The molecule has 2 atom stereocenters. The lowest BCUT2D eigenvalue weighted by atomic mass is 10.0. The van der Waals surface area contributed by atoms with Gasteiger partial charge in [-0.15, -0.1) is 0 Å². The second kappa shape index (κ2) is 7.99. The van der Waals surface area contributed by atoms with E-state index >= 15 is 0 Å². The first kappa shape index (κ1) is 17.2. The highest BCUT2D eigenvalue weighted by atomic mass is 16.5. The molecule has 0 bridgehead atoms. The molecule has 2 heterocycles. The summed E-state index contributed by atoms with van der Waals surface area (Å²) in [5.41, 5.74) is 1.27. The van der Waals surface area contributed by atoms with E-state index in [0.29, 0.717) is 11.9 Å². The molecule has 0 aliphatic carbocycles. The number of benzene rings is 1. The standard InChI is InChI=1S/C19H29N3O2/c1-15(16-6-5-7-17(14-16)24-2)21-10-12-22(13-11-21)19(23)18-8-3-4-9-20-18/h5-7,14-15,18,20H,3-4,8-13H2,1-2H3/t15?,18-/m1/s1. The second-order valence-electron chi connectivity index (χ2n) is 6.82. The fourth-order valence-corrected chi connectivity index (χ4v) is 3.72. The van der Waals surface area contributed by atoms with Crippen molar-refractivity contribution in [1.29, 1.82) is 0 Å². The van der Waals surface area contributed by atoms with Gasteiger partial charge in [-0.2, -0.15) is 0 Å². The van der Waals surface area contributed by atoms with Gasteiger partial charge in [-0.1, -0.05) is 18.6 Å². The molecule has 24 heavy (non-hydrogen) atoms. The molecule has 5 nitrogen and oxygen atoms in total. The van der Waals surface area contributed by atoms with Crippen molar-refractivity contribution in [1.82, 2.24) is 15.1 Å². The van der Waals surface area contributed by atoms with Gasteiger partial charge >= 0.3 is 0 Å². The number of hydrogen-bond acceptors (Lipinski definition) is 4. The van der Waals surface area contributed by atoms with Crippen LogP contribution in [0.3, 0.4) is 0 Å². The lowest BCUT2D eigenvalue weighted by Gasteiger charge is -2.40. The molecule has 0 radical (unpaired) electrons. The Hall–Kier alpha value is -1.59. The van der Waals surface area contributed by atoms with Gasteiger partial charge in [0.2, 0.25) is 5.91 Å². The van der Waals surface area contributed by atoms with E-state index in [1.165, 1.54) is 12.0 Å². The molecule has 2 aliphatic heterocycles. The third-order valence-corrected chi connectivity index (χ3v) is 5.36. The minimum atomic E-state index is 0.0427. The van der Waals surface area contributed by atoms with Crippen molar-refractivity contribution >= 4 is 5.91 Å². The molecule has 5 heteroatoms. The number of ether oxygens (including phenoxy) is 1. The summed E-state index contributed by atoms with van der Waals surface area (Å²) < 4.78 is 5.33. The Morgan fingerprint density at radius 2 is 2.04 bits per heavy atom. The number of carbonyl (C=O) groups excluding carboxylic acids is 1. The van der Waals surface area contributed by atoms with Crippen LogP contribution in [0.15, 0.2) is 24.3 Å². The zero-order valence-electron chi connectivity index (χ0n) is 14.8. The molecule has 2 aliphatic rings. The van der Waals surface area contributed by atoms with Crippen LogP contribution in [0.25, 0.3) is 0 Å². The fourth-order valence-electron chi connectivity index (χ4n) is 3.72. The van der Waals surface area contributed by atoms with Crippen LogP contribution in [-0.2, 0) is 4.79 Å². The molecule has 3 rings (SSSR count). The van der Waals surface area contributed by atoms with Crippen LogP contribution in [-0.4, -0.2) is 61.6 Å². The number of amides is 1. The summed E-state index contributed by atoms with van der Waals surface area (Å²) in [6, 6.07) is 8.65. The highest BCUT2D eigenvalue weighted by Gasteiger charge is 2.29. The zero-order valence-corrected chi connectivity index (χ0v) is 14.8. The maximum absolute atomic E-state index is 12.6. The van der Waals surface area contributed by atoms with E-state index in [1.54, 1.807) is 7.11 Å². The van der Waals surface area contributed by atoms with Gasteiger partial charge in [0.25, 0.3) is 0 Å². The van der Waals surface area contributed by atoms with Gasteiger partial charge in [0.1, 0.15) is 5.75 Å². The molecule has 1 N–H and O–H groups in total. The summed E-state index contributed by atoms with van der Waals surface area (Å²) >= 11 is 0. The minimum absolute atomic E-state index is 0.0427. The summed E-state index contributed by atoms with van der Waals surface area (Å²) in [6.45, 7) is 6.71. The first-order valence-corrected chi connectivity index (χ1v) is 9.09. The molecule has 132 valence electrons. The van der Waals surface area contributed by atoms with Gasteiger partial charge in [0.05, 0.1) is 13.2 Å². The van der Waals surface area contributed by atoms with Crippen LogP contribution in [0.5, 0.6) is 5.75 Å². The van der Waals surface area contributed by atoms with E-state index in [4.69, 9.17) is 4.74 Å². The monoisotopic (exact) mass is 331 g/mol. The van der Waals surface area contributed by atoms with Crippen LogP contribution in [0.1, 0.15) is 37.8 Å². The Morgan fingerprint density at radius 3 is 2.71 bits per heavy atom. The molecular weight excluding hydrogens is 302 g/mol. The first-order chi connectivity index (χ1) is 11.7. The molecule has 2 saturated heterocycles. The van der Waals surface area contributed by atoms with E-state index < -0.39 is 0 Å². The number of hydrogen-bond donors (Lipinski definition) is 1. The average Bonchev–Trinajstić information content (AvgIpc) is 2.67. The van der Waals surface area contributed by atoms with Crippen LogP contribution in [0.2, 0.25) is 0 Å². The molecule has 1 aromatic carbocycles. The van der Waals surface area contributed by atoms with Crippen molar-refractivity contribution in [2.45, 2.75) is 38.3 Å². The molecular formula is C19H29N3O2. The van der Waals surface area contributed by atoms with Crippen molar-refractivity contribution in [3.8, 4) is 5.75 Å². The maximum atomic E-state index is 12.6. The summed E-state index contributed by atoms with van der Waals surface area (Å²) in [5.74, 6) is 1.19. The number of nitrogens with one attached hydrogen (secondary N) is 1. The summed E-state index contributed by atoms with van der Waals surface area (Å²) in [7, 11) is 1.70. The van der Waals surface area contributed by atoms with Crippen molar-refractivity contribution in [2.75, 3.05) is 39.8 Å². The predicted molar refractivity (Wildman–Crippen MR) is 95.2 cm³/mol. The Labute approximate surface area is 145 Å². The Bertz CT molecular complexity index is 549. The fraction of sp³-hybridized carbons (Fsp3) is 0.632. The third kappa shape index (κ3) is 3.90. The van der Waals surface area contributed by atoms with Crippen molar-refractivity contribution < 1.29 is 9.53 Å². The molecule has 0 aromatic heterocycles. The normalized spacial score (nSPS) is 23.8. The van der Waals surface area contributed by atoms with Crippen LogP contribution in [0, 0.1) is 0 Å². The van der Waals surface area contributed by atoms with Crippen molar-refractivity contribution in [2.24, 2.45) is 0 Å². The van der Waals surface area contributed by atoms with E-state index in [9.17, 15) is 4.79 Å². The van der Waals surface area contributed by atoms with Crippen LogP contribution < -0.4 is 10.1 Å². The quantitative estimate of drug-likeness (QED) is 0.917. The molecule has 2 fully saturated rings. The Kier molecular flexibility index (Phi) is 5.74. The maximum Gasteiger partial charge on any atom is 0.239 e. The zero-order chi connectivity index (χ0) is 16.9. The van der Waals surface area contributed by atoms with Crippen molar-refractivity contribution in [3.63, 3.8) is 0 Å². The smallest absolute Gasteiger partial charge is 0.239 e. The Morgan fingerprint density at radius 1 is 1.25 bits per heavy atom. The molecule has 1 aromatic rings. The first-order valence-electron chi connectivity index (χ1n) is 9.09. The van der Waals surface area contributed by atoms with Crippen LogP contribution >= 0.6 is 0 Å². The van der Waals surface area contributed by atoms with Gasteiger partial charge in [0.15, 0.2) is 0 Å². The third-order valence-electron chi connectivity index (χ3n) is 5.36. The number of nitrogens with zero attached hydrogens (tertiary/aromatic N) is 2. The van der Waals surface area contributed by atoms with Gasteiger partial charge < -0.3 is 15.0 Å². The van der Waals surface area contributed by atoms with Gasteiger partial charge in [-0.05, 0) is 44.0 Å². The molecule has 1 unspecified atom stereocenters. The number of piperazine rings is 1. The average molecular weight is 331 g/mol. The summed E-state index contributed by atoms with van der Waals surface area (Å²) in [5, 5.41) is 3.37. The van der Waals surface area contributed by atoms with E-state index in [0.717, 1.165) is 51.3 Å². The lowest BCUT2D eigenvalue weighted by Crippen LogP contribution is -2.55. The topological polar surface area (TPSA) is 44.8 Å². The van der Waals surface area contributed by atoms with Crippen molar-refractivity contribution in [3.05, 3.63) is 29.8 Å². The second-order valence-corrected chi connectivity index (χ2v) is 6.82. The molecule has 1 amide bonds. The summed E-state index contributed by atoms with van der Waals surface area (Å²) in [6.07, 6.45) is 3.34. The van der Waals surface area contributed by atoms with Gasteiger partial charge in [0, 0.05) is 32.2 Å². The molecule has 0 saturated carbocycles. The number of carbonyl (C=O) groups is 1. The van der Waals surface area contributed by atoms with Gasteiger partial charge in [-0.3, -0.25) is 9.69 Å². The van der Waals surface area contributed by atoms with Crippen LogP contribution in [0.4, 0.5) is 0 Å². The SMILES string of the molecule is COc1cccc(C(C)N2CCN(C(=O)[C@H]3CCCCN3)CC2)c1. The minimum Gasteiger partial charge on any atom is -0.497 e. The number of methoxy groups -OCH3 is 1. The summed E-state index contributed by atoms with van der Waals surface area (Å²) in [4.78, 5) is 17.1. The predicted octanol–water partition coefficient (Wildman–Crippen LogP) is 2.04. The number of rotatable bonds is 4. The molecule has 0 spiro atoms. The Balaban J connectivity index is 1.55. The van der Waals surface area contributed by atoms with E-state index in [-0.39, 0.29) is 6.04 Å². The number of piperidine rings is 1.